The molecule has 3 rings (SSSR count). The van der Waals surface area contributed by atoms with Gasteiger partial charge in [-0.1, -0.05) is 137 Å². The van der Waals surface area contributed by atoms with Gasteiger partial charge in [-0.15, -0.1) is 0 Å². The van der Waals surface area contributed by atoms with Gasteiger partial charge in [0, 0.05) is 23.5 Å². The first-order chi connectivity index (χ1) is 22.2. The van der Waals surface area contributed by atoms with E-state index in [1.54, 1.807) is 36.4 Å². The number of ether oxygens (including phenoxy) is 4. The molecule has 46 heavy (non-hydrogen) atoms. The van der Waals surface area contributed by atoms with E-state index in [0.29, 0.717) is 47.6 Å². The van der Waals surface area contributed by atoms with Crippen molar-refractivity contribution in [2.75, 3.05) is 24.7 Å². The highest BCUT2D eigenvalue weighted by Gasteiger charge is 2.22. The average molecular weight is 715 g/mol. The van der Waals surface area contributed by atoms with E-state index in [0.717, 1.165) is 32.1 Å². The highest BCUT2D eigenvalue weighted by Crippen LogP contribution is 2.49. The van der Waals surface area contributed by atoms with Gasteiger partial charge >= 0.3 is 0 Å². The zero-order valence-electron chi connectivity index (χ0n) is 27.1. The fourth-order valence-corrected chi connectivity index (χ4v) is 6.15. The van der Waals surface area contributed by atoms with Crippen LogP contribution in [0, 0.1) is 0 Å². The van der Waals surface area contributed by atoms with E-state index in [4.69, 9.17) is 76.8 Å². The molecule has 0 atom stereocenters. The molecule has 0 radical (unpaired) electrons. The maximum atomic E-state index is 6.52. The van der Waals surface area contributed by atoms with Crippen molar-refractivity contribution in [3.63, 3.8) is 0 Å². The number of unbranched alkanes of at least 4 members (excludes halogenated alkanes) is 12. The van der Waals surface area contributed by atoms with Gasteiger partial charge in [-0.25, -0.2) is 0 Å². The van der Waals surface area contributed by atoms with Crippen LogP contribution in [0.25, 0.3) is 0 Å². The molecule has 0 heterocycles. The smallest absolute Gasteiger partial charge is 0.205 e. The van der Waals surface area contributed by atoms with Crippen LogP contribution in [0.1, 0.15) is 104 Å². The summed E-state index contributed by atoms with van der Waals surface area (Å²) in [6.07, 6.45) is 16.2. The molecular formula is C36H48Cl4N2O4. The fraction of sp³-hybridized carbons (Fsp3) is 0.500. The predicted molar refractivity (Wildman–Crippen MR) is 195 cm³/mol. The molecule has 0 fully saturated rings. The van der Waals surface area contributed by atoms with Crippen LogP contribution in [-0.4, -0.2) is 13.2 Å². The third kappa shape index (κ3) is 12.7. The molecule has 10 heteroatoms. The van der Waals surface area contributed by atoms with Crippen LogP contribution < -0.4 is 30.4 Å². The Morgan fingerprint density at radius 2 is 0.804 bits per heavy atom. The van der Waals surface area contributed by atoms with Crippen LogP contribution in [0.3, 0.4) is 0 Å². The second-order valence-electron chi connectivity index (χ2n) is 11.5. The molecular weight excluding hydrogens is 666 g/mol. The minimum atomic E-state index is 0.233. The van der Waals surface area contributed by atoms with Crippen molar-refractivity contribution in [3.8, 4) is 34.5 Å². The SMILES string of the molecule is CCCCCCCCCOc1cc(Oc2c(Cl)cc(N)cc2Cl)c(OCCCCCCCCC)c(Oc2c(Cl)cc(N)cc2Cl)c1. The van der Waals surface area contributed by atoms with Crippen molar-refractivity contribution in [2.24, 2.45) is 0 Å². The van der Waals surface area contributed by atoms with Gasteiger partial charge in [0.2, 0.25) is 5.75 Å². The summed E-state index contributed by atoms with van der Waals surface area (Å²) in [7, 11) is 0. The normalized spacial score (nSPS) is 11.1. The Labute approximate surface area is 294 Å². The van der Waals surface area contributed by atoms with Crippen LogP contribution in [0.2, 0.25) is 20.1 Å². The van der Waals surface area contributed by atoms with Gasteiger partial charge in [0.05, 0.1) is 33.3 Å². The number of nitrogens with two attached hydrogens (primary N) is 2. The number of hydrogen-bond donors (Lipinski definition) is 2. The molecule has 3 aromatic carbocycles. The maximum Gasteiger partial charge on any atom is 0.205 e. The maximum absolute atomic E-state index is 6.52. The molecule has 0 spiro atoms. The number of nitrogen functional groups attached to an aromatic ring is 2. The Kier molecular flexibility index (Phi) is 17.2. The van der Waals surface area contributed by atoms with Crippen LogP contribution in [0.5, 0.6) is 34.5 Å². The molecule has 0 unspecified atom stereocenters. The Morgan fingerprint density at radius 3 is 1.20 bits per heavy atom. The van der Waals surface area contributed by atoms with Crippen LogP contribution in [0.15, 0.2) is 36.4 Å². The van der Waals surface area contributed by atoms with Crippen LogP contribution in [-0.2, 0) is 0 Å². The molecule has 6 nitrogen and oxygen atoms in total. The van der Waals surface area contributed by atoms with E-state index >= 15 is 0 Å². The van der Waals surface area contributed by atoms with Crippen LogP contribution in [0.4, 0.5) is 11.4 Å². The van der Waals surface area contributed by atoms with E-state index in [-0.39, 0.29) is 31.6 Å². The molecule has 0 bridgehead atoms. The lowest BCUT2D eigenvalue weighted by Gasteiger charge is -2.20. The Balaban J connectivity index is 1.92. The van der Waals surface area contributed by atoms with Crippen molar-refractivity contribution >= 4 is 57.8 Å². The standard InChI is InChI=1S/C36H48Cl4N2O4/c1-3-5-7-9-11-13-15-17-43-27-23-32(45-34-28(37)19-25(41)20-29(34)38)36(44-18-16-14-12-10-8-6-4-2)33(24-27)46-35-30(39)21-26(42)22-31(35)40/h19-24H,3-18,41-42H2,1-2H3. The lowest BCUT2D eigenvalue weighted by molar-refractivity contribution is 0.272. The van der Waals surface area contributed by atoms with Gasteiger partial charge in [0.25, 0.3) is 0 Å². The lowest BCUT2D eigenvalue weighted by Crippen LogP contribution is -2.04. The van der Waals surface area contributed by atoms with Crippen LogP contribution >= 0.6 is 46.4 Å². The molecule has 0 aliphatic heterocycles. The second kappa shape index (κ2) is 20.8. The molecule has 0 amide bonds. The zero-order valence-corrected chi connectivity index (χ0v) is 30.1. The van der Waals surface area contributed by atoms with E-state index < -0.39 is 0 Å². The summed E-state index contributed by atoms with van der Waals surface area (Å²) in [5, 5.41) is 1.02. The molecule has 0 aromatic heterocycles. The molecule has 3 aromatic rings. The van der Waals surface area contributed by atoms with E-state index in [9.17, 15) is 0 Å². The molecule has 0 aliphatic rings. The summed E-state index contributed by atoms with van der Waals surface area (Å²) in [5.74, 6) is 1.94. The number of hydrogen-bond acceptors (Lipinski definition) is 6. The topological polar surface area (TPSA) is 89.0 Å². The molecule has 0 saturated heterocycles. The largest absolute Gasteiger partial charge is 0.493 e. The van der Waals surface area contributed by atoms with Crippen molar-refractivity contribution < 1.29 is 18.9 Å². The van der Waals surface area contributed by atoms with Gasteiger partial charge in [-0.2, -0.15) is 0 Å². The van der Waals surface area contributed by atoms with Gasteiger partial charge in [0.1, 0.15) is 5.75 Å². The fourth-order valence-electron chi connectivity index (χ4n) is 4.99. The van der Waals surface area contributed by atoms with E-state index in [1.165, 1.54) is 57.8 Å². The molecule has 254 valence electrons. The highest BCUT2D eigenvalue weighted by atomic mass is 35.5. The van der Waals surface area contributed by atoms with Crippen molar-refractivity contribution in [2.45, 2.75) is 104 Å². The van der Waals surface area contributed by atoms with Crippen molar-refractivity contribution in [1.29, 1.82) is 0 Å². The Morgan fingerprint density at radius 1 is 0.457 bits per heavy atom. The van der Waals surface area contributed by atoms with E-state index in [2.05, 4.69) is 13.8 Å². The minimum absolute atomic E-state index is 0.233. The summed E-state index contributed by atoms with van der Waals surface area (Å²) in [5.41, 5.74) is 12.7. The monoisotopic (exact) mass is 712 g/mol. The number of anilines is 2. The first-order valence-corrected chi connectivity index (χ1v) is 18.0. The predicted octanol–water partition coefficient (Wildman–Crippen LogP) is 13.3. The highest BCUT2D eigenvalue weighted by molar-refractivity contribution is 6.38. The summed E-state index contributed by atoms with van der Waals surface area (Å²) in [4.78, 5) is 0. The Bertz CT molecular complexity index is 1250. The number of halogens is 4. The van der Waals surface area contributed by atoms with Crippen molar-refractivity contribution in [1.82, 2.24) is 0 Å². The van der Waals surface area contributed by atoms with E-state index in [1.807, 2.05) is 0 Å². The third-order valence-electron chi connectivity index (χ3n) is 7.47. The molecule has 0 saturated carbocycles. The number of benzene rings is 3. The minimum Gasteiger partial charge on any atom is -0.493 e. The van der Waals surface area contributed by atoms with Gasteiger partial charge in [-0.3, -0.25) is 0 Å². The summed E-state index contributed by atoms with van der Waals surface area (Å²) in [6.45, 7) is 5.40. The number of rotatable bonds is 22. The first-order valence-electron chi connectivity index (χ1n) is 16.5. The van der Waals surface area contributed by atoms with Gasteiger partial charge in [-0.05, 0) is 37.1 Å². The lowest BCUT2D eigenvalue weighted by atomic mass is 10.1. The summed E-state index contributed by atoms with van der Waals surface area (Å²) >= 11 is 26.1. The quantitative estimate of drug-likeness (QED) is 0.0796. The second-order valence-corrected chi connectivity index (χ2v) is 13.1. The summed E-state index contributed by atoms with van der Waals surface area (Å²) in [6, 6.07) is 9.82. The van der Waals surface area contributed by atoms with Crippen molar-refractivity contribution in [3.05, 3.63) is 56.5 Å². The summed E-state index contributed by atoms with van der Waals surface area (Å²) < 4.78 is 25.3. The van der Waals surface area contributed by atoms with Gasteiger partial charge in [0.15, 0.2) is 23.0 Å². The first kappa shape index (κ1) is 38.1. The average Bonchev–Trinajstić information content (AvgIpc) is 3.00. The zero-order chi connectivity index (χ0) is 33.3. The molecule has 0 aliphatic carbocycles. The van der Waals surface area contributed by atoms with Gasteiger partial charge < -0.3 is 30.4 Å². The third-order valence-corrected chi connectivity index (χ3v) is 8.59. The Hall–Kier alpha value is -2.38. The molecule has 4 N–H and O–H groups in total.